The van der Waals surface area contributed by atoms with Gasteiger partial charge in [0.15, 0.2) is 0 Å². The van der Waals surface area contributed by atoms with Gasteiger partial charge in [-0.15, -0.1) is 0 Å². The first-order valence-electron chi connectivity index (χ1n) is 13.3. The average molecular weight is 533 g/mol. The van der Waals surface area contributed by atoms with Gasteiger partial charge in [-0.2, -0.15) is 0 Å². The molecule has 0 N–H and O–H groups in total. The molecule has 0 spiro atoms. The highest BCUT2D eigenvalue weighted by atomic mass is 35.5. The molecule has 204 valence electrons. The van der Waals surface area contributed by atoms with Gasteiger partial charge in [0.25, 0.3) is 0 Å². The molecule has 2 aromatic rings. The molecule has 37 heavy (non-hydrogen) atoms. The van der Waals surface area contributed by atoms with E-state index in [2.05, 4.69) is 34.6 Å². The molecule has 2 aliphatic rings. The number of aryl methyl sites for hydroxylation is 1. The summed E-state index contributed by atoms with van der Waals surface area (Å²) in [6, 6.07) is 6.03. The summed E-state index contributed by atoms with van der Waals surface area (Å²) in [5.74, 6) is 0.0689. The van der Waals surface area contributed by atoms with Crippen molar-refractivity contribution >= 4 is 34.5 Å². The van der Waals surface area contributed by atoms with Crippen molar-refractivity contribution in [1.29, 1.82) is 0 Å². The van der Waals surface area contributed by atoms with Gasteiger partial charge in [0.05, 0.1) is 11.1 Å². The maximum atomic E-state index is 14.0. The number of piperazine rings is 1. The van der Waals surface area contributed by atoms with Crippen molar-refractivity contribution in [2.24, 2.45) is 0 Å². The first-order chi connectivity index (χ1) is 17.5. The third-order valence-corrected chi connectivity index (χ3v) is 7.59. The van der Waals surface area contributed by atoms with Crippen LogP contribution in [0.3, 0.4) is 0 Å². The van der Waals surface area contributed by atoms with E-state index in [1.165, 1.54) is 0 Å². The number of aromatic nitrogens is 1. The number of hydrogen-bond donors (Lipinski definition) is 0. The smallest absolute Gasteiger partial charge is 0.410 e. The molecule has 1 aliphatic heterocycles. The molecule has 2 unspecified atom stereocenters. The number of carbonyl (C=O) groups is 2. The molecule has 4 rings (SSSR count). The molecular weight excluding hydrogens is 492 g/mol. The van der Waals surface area contributed by atoms with Gasteiger partial charge >= 0.3 is 6.09 Å². The Hall–Kier alpha value is -2.29. The van der Waals surface area contributed by atoms with Crippen molar-refractivity contribution in [2.75, 3.05) is 40.4 Å². The number of amides is 2. The summed E-state index contributed by atoms with van der Waals surface area (Å²) in [5, 5.41) is 1.74. The van der Waals surface area contributed by atoms with Gasteiger partial charge in [-0.1, -0.05) is 23.7 Å². The van der Waals surface area contributed by atoms with Crippen molar-refractivity contribution in [1.82, 2.24) is 19.3 Å². The molecule has 1 aromatic heterocycles. The minimum absolute atomic E-state index is 0.0689. The van der Waals surface area contributed by atoms with Crippen molar-refractivity contribution in [3.05, 3.63) is 35.0 Å². The maximum Gasteiger partial charge on any atom is 0.410 e. The molecule has 8 nitrogen and oxygen atoms in total. The molecule has 9 heteroatoms. The number of nitrogens with zero attached hydrogens (tertiary/aromatic N) is 4. The number of ether oxygens (including phenoxy) is 2. The number of benzene rings is 1. The lowest BCUT2D eigenvalue weighted by molar-refractivity contribution is -0.141. The van der Waals surface area contributed by atoms with E-state index in [1.54, 1.807) is 12.0 Å². The van der Waals surface area contributed by atoms with Crippen molar-refractivity contribution < 1.29 is 19.1 Å². The summed E-state index contributed by atoms with van der Waals surface area (Å²) >= 11 is 6.53. The van der Waals surface area contributed by atoms with Crippen LogP contribution in [-0.2, 0) is 20.8 Å². The summed E-state index contributed by atoms with van der Waals surface area (Å²) in [6.07, 6.45) is 4.52. The Balaban J connectivity index is 1.56. The zero-order valence-corrected chi connectivity index (χ0v) is 23.8. The minimum Gasteiger partial charge on any atom is -0.444 e. The lowest BCUT2D eigenvalue weighted by Gasteiger charge is -2.42. The summed E-state index contributed by atoms with van der Waals surface area (Å²) in [4.78, 5) is 32.6. The van der Waals surface area contributed by atoms with Gasteiger partial charge in [-0.3, -0.25) is 9.69 Å². The lowest BCUT2D eigenvalue weighted by Crippen LogP contribution is -2.60. The van der Waals surface area contributed by atoms with Gasteiger partial charge in [-0.05, 0) is 65.6 Å². The SMILES string of the molecule is COCCCn1cc(Cl)c2ccc(C(C)N(C(=O)C3CN(C(=O)OC(C)(C)C)CCN3C)C3CC3)cc21. The lowest BCUT2D eigenvalue weighted by atomic mass is 10.0. The van der Waals surface area contributed by atoms with Crippen LogP contribution >= 0.6 is 11.6 Å². The first kappa shape index (κ1) is 27.7. The van der Waals surface area contributed by atoms with E-state index >= 15 is 0 Å². The van der Waals surface area contributed by atoms with Gasteiger partial charge in [-0.25, -0.2) is 4.79 Å². The standard InChI is InChI=1S/C28H41ClN4O4/c1-19(20-8-11-22-23(29)17-31(24(22)16-20)12-7-15-36-6)33(21-9-10-21)26(34)25-18-32(14-13-30(25)5)27(35)37-28(2,3)4/h8,11,16-17,19,21,25H,7,9-10,12-15,18H2,1-6H3. The van der Waals surface area contributed by atoms with E-state index in [0.717, 1.165) is 47.3 Å². The molecule has 1 aromatic carbocycles. The van der Waals surface area contributed by atoms with Crippen LogP contribution in [0.5, 0.6) is 0 Å². The molecule has 0 bridgehead atoms. The third-order valence-electron chi connectivity index (χ3n) is 7.28. The van der Waals surface area contributed by atoms with E-state index < -0.39 is 11.6 Å². The minimum atomic E-state index is -0.572. The number of rotatable bonds is 8. The van der Waals surface area contributed by atoms with Crippen LogP contribution in [0, 0.1) is 0 Å². The topological polar surface area (TPSA) is 67.2 Å². The van der Waals surface area contributed by atoms with Crippen LogP contribution in [0.2, 0.25) is 5.02 Å². The molecule has 1 saturated carbocycles. The second-order valence-electron chi connectivity index (χ2n) is 11.4. The van der Waals surface area contributed by atoms with E-state index in [4.69, 9.17) is 21.1 Å². The Bertz CT molecular complexity index is 1120. The Kier molecular flexibility index (Phi) is 8.41. The van der Waals surface area contributed by atoms with Gasteiger partial charge in [0, 0.05) is 63.0 Å². The van der Waals surface area contributed by atoms with Crippen LogP contribution in [0.1, 0.15) is 58.6 Å². The summed E-state index contributed by atoms with van der Waals surface area (Å²) < 4.78 is 13.0. The number of hydrogen-bond acceptors (Lipinski definition) is 5. The molecule has 2 atom stereocenters. The Labute approximate surface area is 225 Å². The fourth-order valence-electron chi connectivity index (χ4n) is 5.09. The van der Waals surface area contributed by atoms with Crippen LogP contribution in [0.15, 0.2) is 24.4 Å². The highest BCUT2D eigenvalue weighted by Crippen LogP contribution is 2.37. The van der Waals surface area contributed by atoms with Crippen molar-refractivity contribution in [3.8, 4) is 0 Å². The Morgan fingerprint density at radius 2 is 1.95 bits per heavy atom. The predicted molar refractivity (Wildman–Crippen MR) is 146 cm³/mol. The number of halogens is 1. The van der Waals surface area contributed by atoms with E-state index in [9.17, 15) is 9.59 Å². The van der Waals surface area contributed by atoms with Crippen LogP contribution in [-0.4, -0.2) is 89.4 Å². The first-order valence-corrected chi connectivity index (χ1v) is 13.7. The zero-order valence-electron chi connectivity index (χ0n) is 23.0. The number of fused-ring (bicyclic) bond motifs is 1. The maximum absolute atomic E-state index is 14.0. The molecular formula is C28H41ClN4O4. The van der Waals surface area contributed by atoms with Crippen LogP contribution in [0.25, 0.3) is 10.9 Å². The molecule has 2 heterocycles. The second-order valence-corrected chi connectivity index (χ2v) is 11.8. The van der Waals surface area contributed by atoms with Gasteiger partial charge in [0.2, 0.25) is 5.91 Å². The Morgan fingerprint density at radius 1 is 1.22 bits per heavy atom. The third kappa shape index (κ3) is 6.41. The molecule has 2 fully saturated rings. The monoisotopic (exact) mass is 532 g/mol. The van der Waals surface area contributed by atoms with Crippen molar-refractivity contribution in [3.63, 3.8) is 0 Å². The van der Waals surface area contributed by atoms with Crippen molar-refractivity contribution in [2.45, 2.75) is 77.2 Å². The normalized spacial score (nSPS) is 19.8. The summed E-state index contributed by atoms with van der Waals surface area (Å²) in [6.45, 7) is 10.7. The highest BCUT2D eigenvalue weighted by Gasteiger charge is 2.43. The molecule has 1 saturated heterocycles. The predicted octanol–water partition coefficient (Wildman–Crippen LogP) is 4.93. The Morgan fingerprint density at radius 3 is 2.59 bits per heavy atom. The van der Waals surface area contributed by atoms with E-state index in [0.29, 0.717) is 26.2 Å². The average Bonchev–Trinajstić information content (AvgIpc) is 3.62. The number of carbonyl (C=O) groups excluding carboxylic acids is 2. The highest BCUT2D eigenvalue weighted by molar-refractivity contribution is 6.35. The van der Waals surface area contributed by atoms with Gasteiger partial charge < -0.3 is 23.8 Å². The number of likely N-dealkylation sites (N-methyl/N-ethyl adjacent to an activating group) is 1. The second kappa shape index (κ2) is 11.2. The summed E-state index contributed by atoms with van der Waals surface area (Å²) in [7, 11) is 3.67. The number of methoxy groups -OCH3 is 1. The molecule has 1 aliphatic carbocycles. The molecule has 2 amide bonds. The van der Waals surface area contributed by atoms with E-state index in [-0.39, 0.29) is 24.1 Å². The summed E-state index contributed by atoms with van der Waals surface area (Å²) in [5.41, 5.74) is 1.58. The molecule has 0 radical (unpaired) electrons. The largest absolute Gasteiger partial charge is 0.444 e. The van der Waals surface area contributed by atoms with Crippen LogP contribution < -0.4 is 0 Å². The quantitative estimate of drug-likeness (QED) is 0.451. The van der Waals surface area contributed by atoms with Crippen LogP contribution in [0.4, 0.5) is 4.79 Å². The fraction of sp³-hybridized carbons (Fsp3) is 0.643. The fourth-order valence-corrected chi connectivity index (χ4v) is 5.37. The van der Waals surface area contributed by atoms with E-state index in [1.807, 2.05) is 38.9 Å². The van der Waals surface area contributed by atoms with Gasteiger partial charge in [0.1, 0.15) is 11.6 Å². The zero-order chi connectivity index (χ0) is 26.9.